The van der Waals surface area contributed by atoms with Crippen LogP contribution in [-0.2, 0) is 4.74 Å². The van der Waals surface area contributed by atoms with Crippen molar-refractivity contribution < 1.29 is 9.53 Å². The highest BCUT2D eigenvalue weighted by molar-refractivity contribution is 5.88. The molecule has 0 aliphatic rings. The first kappa shape index (κ1) is 12.8. The number of hydrogen-bond donors (Lipinski definition) is 0. The number of aromatic nitrogens is 2. The number of nitriles is 1. The van der Waals surface area contributed by atoms with E-state index in [1.807, 2.05) is 19.1 Å². The van der Waals surface area contributed by atoms with Gasteiger partial charge in [-0.15, -0.1) is 0 Å². The van der Waals surface area contributed by atoms with Gasteiger partial charge in [-0.3, -0.25) is 0 Å². The van der Waals surface area contributed by atoms with E-state index in [-0.39, 0.29) is 0 Å². The van der Waals surface area contributed by atoms with Crippen molar-refractivity contribution in [3.8, 4) is 11.8 Å². The predicted molar refractivity (Wildman–Crippen MR) is 69.0 cm³/mol. The highest BCUT2D eigenvalue weighted by Crippen LogP contribution is 2.18. The first-order valence-electron chi connectivity index (χ1n) is 5.89. The van der Waals surface area contributed by atoms with Gasteiger partial charge in [0.2, 0.25) is 0 Å². The Morgan fingerprint density at radius 2 is 2.32 bits per heavy atom. The molecule has 0 fully saturated rings. The smallest absolute Gasteiger partial charge is 0.341 e. The Bertz CT molecular complexity index is 653. The summed E-state index contributed by atoms with van der Waals surface area (Å²) in [6.07, 6.45) is 3.01. The highest BCUT2D eigenvalue weighted by Gasteiger charge is 2.13. The zero-order valence-corrected chi connectivity index (χ0v) is 10.8. The molecule has 0 unspecified atom stereocenters. The van der Waals surface area contributed by atoms with Crippen molar-refractivity contribution in [2.24, 2.45) is 0 Å². The number of rotatable bonds is 3. The van der Waals surface area contributed by atoms with Crippen molar-refractivity contribution in [3.05, 3.63) is 47.3 Å². The molecule has 19 heavy (non-hydrogen) atoms. The molecule has 5 nitrogen and oxygen atoms in total. The summed E-state index contributed by atoms with van der Waals surface area (Å²) in [6, 6.07) is 7.54. The van der Waals surface area contributed by atoms with Crippen LogP contribution in [0.25, 0.3) is 5.69 Å². The van der Waals surface area contributed by atoms with Gasteiger partial charge in [-0.1, -0.05) is 12.1 Å². The Labute approximate surface area is 111 Å². The average Bonchev–Trinajstić information content (AvgIpc) is 2.88. The van der Waals surface area contributed by atoms with Gasteiger partial charge in [-0.05, 0) is 25.5 Å². The first-order valence-corrected chi connectivity index (χ1v) is 5.89. The summed E-state index contributed by atoms with van der Waals surface area (Å²) in [7, 11) is 0. The third-order valence-corrected chi connectivity index (χ3v) is 2.68. The average molecular weight is 255 g/mol. The summed E-state index contributed by atoms with van der Waals surface area (Å²) in [6.45, 7) is 3.96. The van der Waals surface area contributed by atoms with E-state index >= 15 is 0 Å². The van der Waals surface area contributed by atoms with Crippen LogP contribution in [0.5, 0.6) is 0 Å². The lowest BCUT2D eigenvalue weighted by atomic mass is 10.1. The molecule has 0 spiro atoms. The lowest BCUT2D eigenvalue weighted by Gasteiger charge is -2.07. The number of para-hydroxylation sites is 1. The molecule has 0 atom stereocenters. The van der Waals surface area contributed by atoms with E-state index in [0.717, 1.165) is 5.56 Å². The molecule has 1 heterocycles. The van der Waals surface area contributed by atoms with Gasteiger partial charge in [-0.2, -0.15) is 10.4 Å². The number of nitrogens with zero attached hydrogens (tertiary/aromatic N) is 3. The van der Waals surface area contributed by atoms with Crippen LogP contribution >= 0.6 is 0 Å². The first-order chi connectivity index (χ1) is 9.17. The molecule has 0 saturated carbocycles. The second-order valence-electron chi connectivity index (χ2n) is 3.98. The Balaban J connectivity index is 2.44. The van der Waals surface area contributed by atoms with E-state index in [1.165, 1.54) is 10.9 Å². The Kier molecular flexibility index (Phi) is 3.62. The van der Waals surface area contributed by atoms with Crippen LogP contribution in [0, 0.1) is 18.3 Å². The molecule has 0 aliphatic carbocycles. The van der Waals surface area contributed by atoms with E-state index in [4.69, 9.17) is 10.00 Å². The van der Waals surface area contributed by atoms with Crippen LogP contribution in [0.3, 0.4) is 0 Å². The van der Waals surface area contributed by atoms with E-state index in [0.29, 0.717) is 23.4 Å². The van der Waals surface area contributed by atoms with Crippen LogP contribution in [-0.4, -0.2) is 22.4 Å². The number of ether oxygens (including phenoxy) is 1. The van der Waals surface area contributed by atoms with Crippen LogP contribution in [0.2, 0.25) is 0 Å². The number of aryl methyl sites for hydroxylation is 1. The van der Waals surface area contributed by atoms with Crippen LogP contribution in [0.15, 0.2) is 30.6 Å². The van der Waals surface area contributed by atoms with Gasteiger partial charge < -0.3 is 4.74 Å². The molecule has 0 bridgehead atoms. The second-order valence-corrected chi connectivity index (χ2v) is 3.98. The van der Waals surface area contributed by atoms with Gasteiger partial charge in [0.05, 0.1) is 29.6 Å². The fraction of sp³-hybridized carbons (Fsp3) is 0.214. The van der Waals surface area contributed by atoms with Crippen molar-refractivity contribution >= 4 is 5.97 Å². The van der Waals surface area contributed by atoms with Gasteiger partial charge >= 0.3 is 5.97 Å². The molecule has 0 saturated heterocycles. The SMILES string of the molecule is CCOC(=O)c1cnn(-c2c(C)cccc2C#N)c1. The molecule has 0 amide bonds. The molecule has 5 heteroatoms. The van der Waals surface area contributed by atoms with Gasteiger partial charge in [0.25, 0.3) is 0 Å². The number of carbonyl (C=O) groups excluding carboxylic acids is 1. The minimum atomic E-state index is -0.416. The van der Waals surface area contributed by atoms with Crippen LogP contribution in [0.1, 0.15) is 28.4 Å². The fourth-order valence-electron chi connectivity index (χ4n) is 1.82. The Morgan fingerprint density at radius 3 is 3.00 bits per heavy atom. The molecule has 2 aromatic rings. The topological polar surface area (TPSA) is 67.9 Å². The summed E-state index contributed by atoms with van der Waals surface area (Å²) in [4.78, 5) is 11.6. The second kappa shape index (κ2) is 5.36. The normalized spacial score (nSPS) is 9.95. The van der Waals surface area contributed by atoms with Crippen LogP contribution in [0.4, 0.5) is 0 Å². The van der Waals surface area contributed by atoms with Crippen LogP contribution < -0.4 is 0 Å². The molecule has 1 aromatic heterocycles. The van der Waals surface area contributed by atoms with Gasteiger partial charge in [0.1, 0.15) is 6.07 Å². The molecule has 0 N–H and O–H groups in total. The summed E-state index contributed by atoms with van der Waals surface area (Å²) in [5.41, 5.74) is 2.48. The zero-order valence-electron chi connectivity index (χ0n) is 10.8. The largest absolute Gasteiger partial charge is 0.462 e. The van der Waals surface area contributed by atoms with Gasteiger partial charge in [0.15, 0.2) is 0 Å². The van der Waals surface area contributed by atoms with E-state index in [1.54, 1.807) is 19.2 Å². The third kappa shape index (κ3) is 2.47. The number of hydrogen-bond acceptors (Lipinski definition) is 4. The molecule has 1 aromatic carbocycles. The maximum atomic E-state index is 11.6. The van der Waals surface area contributed by atoms with Crippen molar-refractivity contribution in [1.29, 1.82) is 5.26 Å². The molecule has 2 rings (SSSR count). The molecular formula is C14H13N3O2. The Hall–Kier alpha value is -2.61. The van der Waals surface area contributed by atoms with E-state index in [2.05, 4.69) is 11.2 Å². The molecule has 0 aliphatic heterocycles. The van der Waals surface area contributed by atoms with Gasteiger partial charge in [0, 0.05) is 6.20 Å². The summed E-state index contributed by atoms with van der Waals surface area (Å²) in [5.74, 6) is -0.416. The lowest BCUT2D eigenvalue weighted by molar-refractivity contribution is 0.0526. The Morgan fingerprint density at radius 1 is 1.53 bits per heavy atom. The highest BCUT2D eigenvalue weighted by atomic mass is 16.5. The van der Waals surface area contributed by atoms with Gasteiger partial charge in [-0.25, -0.2) is 9.48 Å². The lowest BCUT2D eigenvalue weighted by Crippen LogP contribution is -2.04. The maximum Gasteiger partial charge on any atom is 0.341 e. The predicted octanol–water partition coefficient (Wildman–Crippen LogP) is 2.23. The molecule has 96 valence electrons. The fourth-order valence-corrected chi connectivity index (χ4v) is 1.82. The monoisotopic (exact) mass is 255 g/mol. The summed E-state index contributed by atoms with van der Waals surface area (Å²) in [5, 5.41) is 13.2. The van der Waals surface area contributed by atoms with Crippen molar-refractivity contribution in [2.45, 2.75) is 13.8 Å². The zero-order chi connectivity index (χ0) is 13.8. The molecule has 0 radical (unpaired) electrons. The summed E-state index contributed by atoms with van der Waals surface area (Å²) >= 11 is 0. The van der Waals surface area contributed by atoms with E-state index < -0.39 is 5.97 Å². The minimum absolute atomic E-state index is 0.317. The third-order valence-electron chi connectivity index (χ3n) is 2.68. The number of benzene rings is 1. The van der Waals surface area contributed by atoms with Crippen molar-refractivity contribution in [3.63, 3.8) is 0 Å². The van der Waals surface area contributed by atoms with Crippen molar-refractivity contribution in [1.82, 2.24) is 9.78 Å². The van der Waals surface area contributed by atoms with Crippen molar-refractivity contribution in [2.75, 3.05) is 6.61 Å². The number of esters is 1. The van der Waals surface area contributed by atoms with E-state index in [9.17, 15) is 4.79 Å². The quantitative estimate of drug-likeness (QED) is 0.789. The number of carbonyl (C=O) groups is 1. The minimum Gasteiger partial charge on any atom is -0.462 e. The summed E-state index contributed by atoms with van der Waals surface area (Å²) < 4.78 is 6.43. The molecular weight excluding hydrogens is 242 g/mol. The maximum absolute atomic E-state index is 11.6. The standard InChI is InChI=1S/C14H13N3O2/c1-3-19-14(18)12-8-16-17(9-12)13-10(2)5-4-6-11(13)7-15/h4-6,8-9H,3H2,1-2H3.